The molecule has 0 fully saturated rings. The molecule has 0 heterocycles. The molecule has 0 aromatic heterocycles. The molecule has 1 nitrogen and oxygen atoms in total. The van der Waals surface area contributed by atoms with Crippen molar-refractivity contribution < 1.29 is 13.9 Å². The van der Waals surface area contributed by atoms with Crippen molar-refractivity contribution in [2.45, 2.75) is 12.8 Å². The van der Waals surface area contributed by atoms with E-state index >= 15 is 0 Å². The third-order valence-corrected chi connectivity index (χ3v) is 2.66. The summed E-state index contributed by atoms with van der Waals surface area (Å²) in [6.07, 6.45) is 0. The lowest BCUT2D eigenvalue weighted by atomic mass is 10.0. The van der Waals surface area contributed by atoms with E-state index in [1.54, 1.807) is 6.92 Å². The van der Waals surface area contributed by atoms with E-state index in [0.717, 1.165) is 6.07 Å². The van der Waals surface area contributed by atoms with E-state index in [9.17, 15) is 8.78 Å². The topological polar surface area (TPSA) is 20.2 Å². The first kappa shape index (κ1) is 10.6. The molecule has 0 radical (unpaired) electrons. The molecule has 1 unspecified atom stereocenters. The Morgan fingerprint density at radius 1 is 1.46 bits per heavy atom. The third-order valence-electron chi connectivity index (χ3n) is 1.83. The Hall–Kier alpha value is -0.480. The Morgan fingerprint density at radius 3 is 2.62 bits per heavy atom. The van der Waals surface area contributed by atoms with Gasteiger partial charge in [-0.25, -0.2) is 8.78 Å². The maximum Gasteiger partial charge on any atom is 0.140 e. The highest BCUT2D eigenvalue weighted by Gasteiger charge is 2.13. The highest BCUT2D eigenvalue weighted by molar-refractivity contribution is 9.10. The van der Waals surface area contributed by atoms with Gasteiger partial charge < -0.3 is 5.11 Å². The largest absolute Gasteiger partial charge is 0.396 e. The smallest absolute Gasteiger partial charge is 0.140 e. The third kappa shape index (κ3) is 2.25. The van der Waals surface area contributed by atoms with Crippen LogP contribution in [0.25, 0.3) is 0 Å². The lowest BCUT2D eigenvalue weighted by molar-refractivity contribution is 0.272. The van der Waals surface area contributed by atoms with Crippen LogP contribution in [0.15, 0.2) is 16.6 Å². The SMILES string of the molecule is CC(CO)c1cc(F)cc(F)c1Br. The molecule has 1 aromatic rings. The van der Waals surface area contributed by atoms with Crippen molar-refractivity contribution in [3.05, 3.63) is 33.8 Å². The fraction of sp³-hybridized carbons (Fsp3) is 0.333. The molecule has 1 atom stereocenters. The van der Waals surface area contributed by atoms with Gasteiger partial charge in [0.2, 0.25) is 0 Å². The fourth-order valence-electron chi connectivity index (χ4n) is 1.03. The van der Waals surface area contributed by atoms with Crippen LogP contribution >= 0.6 is 15.9 Å². The summed E-state index contributed by atoms with van der Waals surface area (Å²) in [5, 5.41) is 8.83. The summed E-state index contributed by atoms with van der Waals surface area (Å²) in [6.45, 7) is 1.56. The van der Waals surface area contributed by atoms with Gasteiger partial charge in [0, 0.05) is 18.6 Å². The van der Waals surface area contributed by atoms with Crippen molar-refractivity contribution in [2.75, 3.05) is 6.61 Å². The zero-order valence-corrected chi connectivity index (χ0v) is 8.61. The Labute approximate surface area is 83.5 Å². The van der Waals surface area contributed by atoms with Crippen LogP contribution < -0.4 is 0 Å². The van der Waals surface area contributed by atoms with E-state index < -0.39 is 11.6 Å². The predicted octanol–water partition coefficient (Wildman–Crippen LogP) is 2.82. The molecule has 4 heteroatoms. The van der Waals surface area contributed by atoms with Crippen molar-refractivity contribution in [1.82, 2.24) is 0 Å². The number of benzene rings is 1. The van der Waals surface area contributed by atoms with Crippen molar-refractivity contribution in [2.24, 2.45) is 0 Å². The molecule has 0 aliphatic heterocycles. The highest BCUT2D eigenvalue weighted by Crippen LogP contribution is 2.28. The standard InChI is InChI=1S/C9H9BrF2O/c1-5(4-13)7-2-6(11)3-8(12)9(7)10/h2-3,5,13H,4H2,1H3. The molecule has 0 saturated carbocycles. The van der Waals surface area contributed by atoms with Crippen LogP contribution in [0.4, 0.5) is 8.78 Å². The molecule has 0 aliphatic carbocycles. The predicted molar refractivity (Wildman–Crippen MR) is 49.6 cm³/mol. The first-order chi connectivity index (χ1) is 6.06. The summed E-state index contributed by atoms with van der Waals surface area (Å²) in [7, 11) is 0. The first-order valence-electron chi connectivity index (χ1n) is 3.81. The molecule has 13 heavy (non-hydrogen) atoms. The van der Waals surface area contributed by atoms with E-state index in [2.05, 4.69) is 15.9 Å². The van der Waals surface area contributed by atoms with E-state index in [1.165, 1.54) is 6.07 Å². The number of halogens is 3. The molecule has 0 spiro atoms. The van der Waals surface area contributed by atoms with Gasteiger partial charge in [-0.15, -0.1) is 0 Å². The Morgan fingerprint density at radius 2 is 2.08 bits per heavy atom. The van der Waals surface area contributed by atoms with Crippen LogP contribution in [-0.2, 0) is 0 Å². The van der Waals surface area contributed by atoms with Crippen LogP contribution in [0, 0.1) is 11.6 Å². The lowest BCUT2D eigenvalue weighted by Gasteiger charge is -2.11. The summed E-state index contributed by atoms with van der Waals surface area (Å²) in [6, 6.07) is 2.02. The average Bonchev–Trinajstić information content (AvgIpc) is 2.10. The lowest BCUT2D eigenvalue weighted by Crippen LogP contribution is -2.02. The van der Waals surface area contributed by atoms with Gasteiger partial charge in [-0.1, -0.05) is 6.92 Å². The highest BCUT2D eigenvalue weighted by atomic mass is 79.9. The molecule has 0 aliphatic rings. The van der Waals surface area contributed by atoms with Gasteiger partial charge in [0.1, 0.15) is 11.6 Å². The van der Waals surface area contributed by atoms with Crippen molar-refractivity contribution >= 4 is 15.9 Å². The summed E-state index contributed by atoms with van der Waals surface area (Å²) >= 11 is 3.00. The molecular weight excluding hydrogens is 242 g/mol. The van der Waals surface area contributed by atoms with Crippen LogP contribution in [-0.4, -0.2) is 11.7 Å². The molecule has 1 rings (SSSR count). The van der Waals surface area contributed by atoms with Crippen molar-refractivity contribution in [3.8, 4) is 0 Å². The molecule has 1 aromatic carbocycles. The van der Waals surface area contributed by atoms with Crippen LogP contribution in [0.3, 0.4) is 0 Å². The number of rotatable bonds is 2. The average molecular weight is 251 g/mol. The van der Waals surface area contributed by atoms with Gasteiger partial charge in [0.15, 0.2) is 0 Å². The molecule has 72 valence electrons. The van der Waals surface area contributed by atoms with E-state index in [-0.39, 0.29) is 17.0 Å². The quantitative estimate of drug-likeness (QED) is 0.801. The molecule has 0 amide bonds. The monoisotopic (exact) mass is 250 g/mol. The molecule has 0 bridgehead atoms. The second-order valence-corrected chi connectivity index (χ2v) is 3.67. The summed E-state index contributed by atoms with van der Waals surface area (Å²) < 4.78 is 25.9. The van der Waals surface area contributed by atoms with Gasteiger partial charge in [0.05, 0.1) is 4.47 Å². The number of hydrogen-bond acceptors (Lipinski definition) is 1. The molecule has 1 N–H and O–H groups in total. The van der Waals surface area contributed by atoms with Crippen LogP contribution in [0.1, 0.15) is 18.4 Å². The van der Waals surface area contributed by atoms with Gasteiger partial charge in [0.25, 0.3) is 0 Å². The maximum absolute atomic E-state index is 13.0. The maximum atomic E-state index is 13.0. The van der Waals surface area contributed by atoms with Gasteiger partial charge in [-0.05, 0) is 27.6 Å². The van der Waals surface area contributed by atoms with Gasteiger partial charge >= 0.3 is 0 Å². The Kier molecular flexibility index (Phi) is 3.39. The second-order valence-electron chi connectivity index (χ2n) is 2.87. The summed E-state index contributed by atoms with van der Waals surface area (Å²) in [5.74, 6) is -1.55. The molecule has 0 saturated heterocycles. The van der Waals surface area contributed by atoms with Crippen molar-refractivity contribution in [1.29, 1.82) is 0 Å². The van der Waals surface area contributed by atoms with Gasteiger partial charge in [-0.3, -0.25) is 0 Å². The summed E-state index contributed by atoms with van der Waals surface area (Å²) in [5.41, 5.74) is 0.444. The van der Waals surface area contributed by atoms with E-state index in [1.807, 2.05) is 0 Å². The van der Waals surface area contributed by atoms with E-state index in [0.29, 0.717) is 5.56 Å². The minimum absolute atomic E-state index is 0.137. The minimum atomic E-state index is -0.643. The van der Waals surface area contributed by atoms with Crippen LogP contribution in [0.2, 0.25) is 0 Å². The zero-order chi connectivity index (χ0) is 10.0. The Bertz CT molecular complexity index is 315. The zero-order valence-electron chi connectivity index (χ0n) is 7.02. The minimum Gasteiger partial charge on any atom is -0.396 e. The number of aliphatic hydroxyl groups is 1. The molecular formula is C9H9BrF2O. The van der Waals surface area contributed by atoms with Crippen molar-refractivity contribution in [3.63, 3.8) is 0 Å². The van der Waals surface area contributed by atoms with Crippen LogP contribution in [0.5, 0.6) is 0 Å². The first-order valence-corrected chi connectivity index (χ1v) is 4.61. The Balaban J connectivity index is 3.20. The normalized spacial score (nSPS) is 13.0. The fourth-order valence-corrected chi connectivity index (χ4v) is 1.65. The number of aliphatic hydroxyl groups excluding tert-OH is 1. The second kappa shape index (κ2) is 4.15. The summed E-state index contributed by atoms with van der Waals surface area (Å²) in [4.78, 5) is 0. The van der Waals surface area contributed by atoms with Gasteiger partial charge in [-0.2, -0.15) is 0 Å². The number of hydrogen-bond donors (Lipinski definition) is 1. The van der Waals surface area contributed by atoms with E-state index in [4.69, 9.17) is 5.11 Å².